The monoisotopic (exact) mass is 341 g/mol. The summed E-state index contributed by atoms with van der Waals surface area (Å²) in [6.07, 6.45) is 3.12. The largest absolute Gasteiger partial charge is 0.476 e. The molecular formula is C17H19N5O3. The standard InChI is InChI=1S/C17H19N5O3/c1-3-24-16-13(9-18-17(21-16)25-4-2)20-15(23)10-22-11-19-12-7-5-6-8-14(12)22/h5-9,11H,3-4,10H2,1-2H3,(H,20,23). The maximum atomic E-state index is 12.4. The summed E-state index contributed by atoms with van der Waals surface area (Å²) in [7, 11) is 0. The number of benzene rings is 1. The second kappa shape index (κ2) is 7.61. The minimum Gasteiger partial charge on any atom is -0.476 e. The van der Waals surface area contributed by atoms with Crippen molar-refractivity contribution < 1.29 is 14.3 Å². The molecule has 0 radical (unpaired) electrons. The van der Waals surface area contributed by atoms with Gasteiger partial charge in [0.25, 0.3) is 0 Å². The zero-order chi connectivity index (χ0) is 17.6. The van der Waals surface area contributed by atoms with Crippen LogP contribution in [0.25, 0.3) is 11.0 Å². The molecule has 25 heavy (non-hydrogen) atoms. The van der Waals surface area contributed by atoms with E-state index in [4.69, 9.17) is 9.47 Å². The smallest absolute Gasteiger partial charge is 0.319 e. The number of nitrogens with one attached hydrogen (secondary N) is 1. The van der Waals surface area contributed by atoms with Crippen molar-refractivity contribution in [2.75, 3.05) is 18.5 Å². The lowest BCUT2D eigenvalue weighted by atomic mass is 10.3. The molecule has 1 aromatic carbocycles. The SMILES string of the molecule is CCOc1ncc(NC(=O)Cn2cnc3ccccc32)c(OCC)n1. The molecule has 0 saturated carbocycles. The van der Waals surface area contributed by atoms with E-state index in [1.807, 2.05) is 38.1 Å². The summed E-state index contributed by atoms with van der Waals surface area (Å²) in [5, 5.41) is 2.77. The lowest BCUT2D eigenvalue weighted by molar-refractivity contribution is -0.116. The molecule has 0 aliphatic carbocycles. The second-order valence-electron chi connectivity index (χ2n) is 5.15. The van der Waals surface area contributed by atoms with Crippen molar-refractivity contribution in [3.63, 3.8) is 0 Å². The van der Waals surface area contributed by atoms with Crippen molar-refractivity contribution in [2.24, 2.45) is 0 Å². The van der Waals surface area contributed by atoms with Gasteiger partial charge in [0.1, 0.15) is 12.2 Å². The highest BCUT2D eigenvalue weighted by Crippen LogP contribution is 2.23. The first-order chi connectivity index (χ1) is 12.2. The van der Waals surface area contributed by atoms with Crippen LogP contribution in [0.4, 0.5) is 5.69 Å². The zero-order valence-corrected chi connectivity index (χ0v) is 14.1. The van der Waals surface area contributed by atoms with E-state index in [1.165, 1.54) is 6.20 Å². The molecular weight excluding hydrogens is 322 g/mol. The van der Waals surface area contributed by atoms with Crippen LogP contribution < -0.4 is 14.8 Å². The summed E-state index contributed by atoms with van der Waals surface area (Å²) < 4.78 is 12.5. The molecule has 130 valence electrons. The van der Waals surface area contributed by atoms with Gasteiger partial charge in [-0.3, -0.25) is 4.79 Å². The van der Waals surface area contributed by atoms with Crippen LogP contribution in [0.1, 0.15) is 13.8 Å². The highest BCUT2D eigenvalue weighted by Gasteiger charge is 2.13. The average Bonchev–Trinajstić information content (AvgIpc) is 3.01. The Morgan fingerprint density at radius 2 is 1.96 bits per heavy atom. The van der Waals surface area contributed by atoms with Crippen LogP contribution in [-0.2, 0) is 11.3 Å². The lowest BCUT2D eigenvalue weighted by Crippen LogP contribution is -2.19. The van der Waals surface area contributed by atoms with Gasteiger partial charge in [-0.1, -0.05) is 12.1 Å². The quantitative estimate of drug-likeness (QED) is 0.709. The maximum absolute atomic E-state index is 12.4. The van der Waals surface area contributed by atoms with Crippen molar-refractivity contribution in [3.05, 3.63) is 36.8 Å². The van der Waals surface area contributed by atoms with Crippen LogP contribution in [-0.4, -0.2) is 38.6 Å². The minimum atomic E-state index is -0.225. The molecule has 0 atom stereocenters. The second-order valence-corrected chi connectivity index (χ2v) is 5.15. The van der Waals surface area contributed by atoms with Gasteiger partial charge in [-0.2, -0.15) is 4.98 Å². The van der Waals surface area contributed by atoms with Gasteiger partial charge in [-0.05, 0) is 26.0 Å². The number of carbonyl (C=O) groups excluding carboxylic acids is 1. The molecule has 2 aromatic heterocycles. The average molecular weight is 341 g/mol. The molecule has 0 fully saturated rings. The Morgan fingerprint density at radius 1 is 1.16 bits per heavy atom. The van der Waals surface area contributed by atoms with Gasteiger partial charge in [0, 0.05) is 0 Å². The first kappa shape index (κ1) is 16.7. The third-order valence-electron chi connectivity index (χ3n) is 3.40. The summed E-state index contributed by atoms with van der Waals surface area (Å²) in [6, 6.07) is 7.85. The van der Waals surface area contributed by atoms with E-state index in [2.05, 4.69) is 20.3 Å². The highest BCUT2D eigenvalue weighted by molar-refractivity contribution is 5.92. The van der Waals surface area contributed by atoms with E-state index in [0.29, 0.717) is 18.9 Å². The molecule has 2 heterocycles. The number of amides is 1. The number of nitrogens with zero attached hydrogens (tertiary/aromatic N) is 4. The highest BCUT2D eigenvalue weighted by atomic mass is 16.5. The summed E-state index contributed by atoms with van der Waals surface area (Å²) in [5.41, 5.74) is 2.14. The Labute approximate surface area is 144 Å². The van der Waals surface area contributed by atoms with Crippen molar-refractivity contribution in [1.29, 1.82) is 0 Å². The van der Waals surface area contributed by atoms with Crippen molar-refractivity contribution >= 4 is 22.6 Å². The third-order valence-corrected chi connectivity index (χ3v) is 3.40. The molecule has 0 aliphatic heterocycles. The molecule has 0 unspecified atom stereocenters. The van der Waals surface area contributed by atoms with Gasteiger partial charge < -0.3 is 19.4 Å². The summed E-state index contributed by atoms with van der Waals surface area (Å²) >= 11 is 0. The normalized spacial score (nSPS) is 10.6. The van der Waals surface area contributed by atoms with E-state index < -0.39 is 0 Å². The predicted molar refractivity (Wildman–Crippen MR) is 92.7 cm³/mol. The first-order valence-corrected chi connectivity index (χ1v) is 8.03. The molecule has 3 rings (SSSR count). The number of hydrogen-bond donors (Lipinski definition) is 1. The number of hydrogen-bond acceptors (Lipinski definition) is 6. The fraction of sp³-hybridized carbons (Fsp3) is 0.294. The van der Waals surface area contributed by atoms with E-state index in [1.54, 1.807) is 10.9 Å². The van der Waals surface area contributed by atoms with E-state index >= 15 is 0 Å². The van der Waals surface area contributed by atoms with Crippen LogP contribution in [0.15, 0.2) is 36.8 Å². The summed E-state index contributed by atoms with van der Waals surface area (Å²) in [5.74, 6) is 0.0571. The molecule has 0 aliphatic rings. The fourth-order valence-corrected chi connectivity index (χ4v) is 2.36. The molecule has 0 bridgehead atoms. The van der Waals surface area contributed by atoms with Crippen molar-refractivity contribution in [2.45, 2.75) is 20.4 Å². The number of para-hydroxylation sites is 2. The Bertz CT molecular complexity index is 878. The van der Waals surface area contributed by atoms with E-state index in [0.717, 1.165) is 11.0 Å². The van der Waals surface area contributed by atoms with Gasteiger partial charge in [0.15, 0.2) is 0 Å². The third kappa shape index (κ3) is 3.85. The Kier molecular flexibility index (Phi) is 5.08. The molecule has 8 nitrogen and oxygen atoms in total. The zero-order valence-electron chi connectivity index (χ0n) is 14.1. The molecule has 1 amide bonds. The number of fused-ring (bicyclic) bond motifs is 1. The number of anilines is 1. The molecule has 3 aromatic rings. The van der Waals surface area contributed by atoms with Crippen LogP contribution in [0.3, 0.4) is 0 Å². The lowest BCUT2D eigenvalue weighted by Gasteiger charge is -2.11. The number of rotatable bonds is 7. The van der Waals surface area contributed by atoms with Gasteiger partial charge >= 0.3 is 6.01 Å². The number of imidazole rings is 1. The van der Waals surface area contributed by atoms with Crippen LogP contribution in [0, 0.1) is 0 Å². The predicted octanol–water partition coefficient (Wildman–Crippen LogP) is 2.26. The Balaban J connectivity index is 1.76. The Hall–Kier alpha value is -3.16. The number of aromatic nitrogens is 4. The summed E-state index contributed by atoms with van der Waals surface area (Å²) in [4.78, 5) is 24.9. The molecule has 0 spiro atoms. The first-order valence-electron chi connectivity index (χ1n) is 8.03. The van der Waals surface area contributed by atoms with Gasteiger partial charge in [-0.15, -0.1) is 0 Å². The Morgan fingerprint density at radius 3 is 2.76 bits per heavy atom. The summed E-state index contributed by atoms with van der Waals surface area (Å²) in [6.45, 7) is 4.67. The topological polar surface area (TPSA) is 91.2 Å². The van der Waals surface area contributed by atoms with Gasteiger partial charge in [0.05, 0.1) is 36.8 Å². The van der Waals surface area contributed by atoms with Gasteiger partial charge in [0.2, 0.25) is 11.8 Å². The van der Waals surface area contributed by atoms with Crippen LogP contribution >= 0.6 is 0 Å². The molecule has 8 heteroatoms. The maximum Gasteiger partial charge on any atom is 0.319 e. The number of ether oxygens (including phenoxy) is 2. The molecule has 1 N–H and O–H groups in total. The van der Waals surface area contributed by atoms with E-state index in [-0.39, 0.29) is 24.3 Å². The van der Waals surface area contributed by atoms with Crippen molar-refractivity contribution in [3.8, 4) is 11.9 Å². The van der Waals surface area contributed by atoms with Crippen LogP contribution in [0.5, 0.6) is 11.9 Å². The molecule has 0 saturated heterocycles. The van der Waals surface area contributed by atoms with Crippen molar-refractivity contribution in [1.82, 2.24) is 19.5 Å². The number of carbonyl (C=O) groups is 1. The fourth-order valence-electron chi connectivity index (χ4n) is 2.36. The minimum absolute atomic E-state index is 0.124. The van der Waals surface area contributed by atoms with E-state index in [9.17, 15) is 4.79 Å². The van der Waals surface area contributed by atoms with Crippen LogP contribution in [0.2, 0.25) is 0 Å². The van der Waals surface area contributed by atoms with Gasteiger partial charge in [-0.25, -0.2) is 9.97 Å².